The predicted molar refractivity (Wildman–Crippen MR) is 70.6 cm³/mol. The van der Waals surface area contributed by atoms with Crippen LogP contribution >= 0.6 is 0 Å². The smallest absolute Gasteiger partial charge is 0.337 e. The van der Waals surface area contributed by atoms with E-state index in [2.05, 4.69) is 12.2 Å². The lowest BCUT2D eigenvalue weighted by Crippen LogP contribution is -2.16. The van der Waals surface area contributed by atoms with E-state index < -0.39 is 16.0 Å². The Balaban J connectivity index is 2.30. The molecule has 0 radical (unpaired) electrons. The van der Waals surface area contributed by atoms with Crippen LogP contribution in [0.15, 0.2) is 23.1 Å². The average Bonchev–Trinajstić information content (AvgIpc) is 3.04. The standard InChI is InChI=1S/C12H16N2O4S/c1-12(4-5-12)7-14-10-3-2-8(19(13,17)18)6-9(10)11(15)16/h2-3,6,14H,4-5,7H2,1H3,(H,15,16)(H2,13,17,18). The Labute approximate surface area is 111 Å². The van der Waals surface area contributed by atoms with E-state index in [0.717, 1.165) is 18.9 Å². The molecule has 0 bridgehead atoms. The maximum absolute atomic E-state index is 11.2. The molecular formula is C12H16N2O4S. The first-order valence-electron chi connectivity index (χ1n) is 5.85. The van der Waals surface area contributed by atoms with Crippen LogP contribution in [0.5, 0.6) is 0 Å². The largest absolute Gasteiger partial charge is 0.478 e. The van der Waals surface area contributed by atoms with Gasteiger partial charge in [-0.15, -0.1) is 0 Å². The molecule has 1 fully saturated rings. The number of benzene rings is 1. The van der Waals surface area contributed by atoms with E-state index in [-0.39, 0.29) is 15.9 Å². The Kier molecular flexibility index (Phi) is 3.27. The topological polar surface area (TPSA) is 109 Å². The van der Waals surface area contributed by atoms with E-state index >= 15 is 0 Å². The Morgan fingerprint density at radius 1 is 1.47 bits per heavy atom. The van der Waals surface area contributed by atoms with Gasteiger partial charge in [0.05, 0.1) is 10.5 Å². The van der Waals surface area contributed by atoms with Crippen LogP contribution in [0.3, 0.4) is 0 Å². The number of hydrogen-bond acceptors (Lipinski definition) is 4. The van der Waals surface area contributed by atoms with Gasteiger partial charge in [0, 0.05) is 12.2 Å². The van der Waals surface area contributed by atoms with Crippen molar-refractivity contribution in [2.75, 3.05) is 11.9 Å². The summed E-state index contributed by atoms with van der Waals surface area (Å²) in [7, 11) is -3.90. The summed E-state index contributed by atoms with van der Waals surface area (Å²) < 4.78 is 22.4. The zero-order valence-corrected chi connectivity index (χ0v) is 11.3. The van der Waals surface area contributed by atoms with E-state index in [1.54, 1.807) is 0 Å². The Bertz CT molecular complexity index is 621. The van der Waals surface area contributed by atoms with Gasteiger partial charge in [-0.3, -0.25) is 0 Å². The van der Waals surface area contributed by atoms with Crippen molar-refractivity contribution < 1.29 is 18.3 Å². The summed E-state index contributed by atoms with van der Waals surface area (Å²) in [6.45, 7) is 2.78. The van der Waals surface area contributed by atoms with Crippen molar-refractivity contribution in [3.05, 3.63) is 23.8 Å². The molecule has 1 aromatic rings. The van der Waals surface area contributed by atoms with Gasteiger partial charge in [0.25, 0.3) is 0 Å². The number of rotatable bonds is 5. The molecule has 0 spiro atoms. The summed E-state index contributed by atoms with van der Waals surface area (Å²) >= 11 is 0. The molecule has 0 aliphatic heterocycles. The van der Waals surface area contributed by atoms with Crippen molar-refractivity contribution in [2.24, 2.45) is 10.6 Å². The SMILES string of the molecule is CC1(CNc2ccc(S(N)(=O)=O)cc2C(=O)O)CC1. The number of aromatic carboxylic acids is 1. The third-order valence-corrected chi connectivity index (χ3v) is 4.27. The van der Waals surface area contributed by atoms with Crippen LogP contribution < -0.4 is 10.5 Å². The van der Waals surface area contributed by atoms with Crippen LogP contribution in [0.4, 0.5) is 5.69 Å². The van der Waals surface area contributed by atoms with Crippen molar-refractivity contribution in [3.63, 3.8) is 0 Å². The number of nitrogens with one attached hydrogen (secondary N) is 1. The summed E-state index contributed by atoms with van der Waals surface area (Å²) in [5.74, 6) is -1.19. The fourth-order valence-corrected chi connectivity index (χ4v) is 2.27. The van der Waals surface area contributed by atoms with Crippen molar-refractivity contribution in [1.82, 2.24) is 0 Å². The van der Waals surface area contributed by atoms with E-state index in [0.29, 0.717) is 12.2 Å². The molecule has 6 nitrogen and oxygen atoms in total. The summed E-state index contributed by atoms with van der Waals surface area (Å²) in [4.78, 5) is 11.0. The molecule has 2 rings (SSSR count). The van der Waals surface area contributed by atoms with Gasteiger partial charge in [-0.2, -0.15) is 0 Å². The van der Waals surface area contributed by atoms with Gasteiger partial charge in [-0.1, -0.05) is 6.92 Å². The lowest BCUT2D eigenvalue weighted by molar-refractivity contribution is 0.0697. The molecule has 0 unspecified atom stereocenters. The molecule has 0 atom stereocenters. The molecule has 19 heavy (non-hydrogen) atoms. The lowest BCUT2D eigenvalue weighted by Gasteiger charge is -2.14. The monoisotopic (exact) mass is 284 g/mol. The second kappa shape index (κ2) is 4.50. The first-order valence-corrected chi connectivity index (χ1v) is 7.40. The number of carboxylic acids is 1. The average molecular weight is 284 g/mol. The minimum Gasteiger partial charge on any atom is -0.478 e. The van der Waals surface area contributed by atoms with Gasteiger partial charge in [0.2, 0.25) is 10.0 Å². The quantitative estimate of drug-likeness (QED) is 0.753. The van der Waals surface area contributed by atoms with Crippen LogP contribution in [0, 0.1) is 5.41 Å². The molecule has 1 aliphatic rings. The Hall–Kier alpha value is -1.60. The minimum atomic E-state index is -3.90. The number of sulfonamides is 1. The fourth-order valence-electron chi connectivity index (χ4n) is 1.73. The summed E-state index contributed by atoms with van der Waals surface area (Å²) in [6, 6.07) is 3.82. The third kappa shape index (κ3) is 3.24. The Morgan fingerprint density at radius 3 is 2.58 bits per heavy atom. The second-order valence-electron chi connectivity index (χ2n) is 5.22. The van der Waals surface area contributed by atoms with Crippen LogP contribution in [0.2, 0.25) is 0 Å². The van der Waals surface area contributed by atoms with Gasteiger partial charge >= 0.3 is 5.97 Å². The number of anilines is 1. The molecule has 1 aromatic carbocycles. The maximum Gasteiger partial charge on any atom is 0.337 e. The van der Waals surface area contributed by atoms with E-state index in [9.17, 15) is 13.2 Å². The summed E-state index contributed by atoms with van der Waals surface area (Å²) in [6.07, 6.45) is 2.22. The predicted octanol–water partition coefficient (Wildman–Crippen LogP) is 1.24. The molecule has 0 heterocycles. The third-order valence-electron chi connectivity index (χ3n) is 3.36. The number of nitrogens with two attached hydrogens (primary N) is 1. The van der Waals surface area contributed by atoms with E-state index in [1.807, 2.05) is 0 Å². The van der Waals surface area contributed by atoms with Crippen LogP contribution in [-0.2, 0) is 10.0 Å². The molecule has 4 N–H and O–H groups in total. The highest BCUT2D eigenvalue weighted by molar-refractivity contribution is 7.89. The number of carbonyl (C=O) groups is 1. The number of primary sulfonamides is 1. The molecule has 7 heteroatoms. The first-order chi connectivity index (χ1) is 8.71. The first kappa shape index (κ1) is 13.8. The van der Waals surface area contributed by atoms with Crippen LogP contribution in [0.1, 0.15) is 30.1 Å². The molecular weight excluding hydrogens is 268 g/mol. The van der Waals surface area contributed by atoms with Crippen molar-refractivity contribution in [3.8, 4) is 0 Å². The fraction of sp³-hybridized carbons (Fsp3) is 0.417. The Morgan fingerprint density at radius 2 is 2.11 bits per heavy atom. The van der Waals surface area contributed by atoms with E-state index in [1.165, 1.54) is 12.1 Å². The van der Waals surface area contributed by atoms with Gasteiger partial charge < -0.3 is 10.4 Å². The summed E-state index contributed by atoms with van der Waals surface area (Å²) in [5, 5.41) is 17.2. The minimum absolute atomic E-state index is 0.0872. The molecule has 0 saturated heterocycles. The molecule has 1 aliphatic carbocycles. The van der Waals surface area contributed by atoms with Crippen molar-refractivity contribution in [2.45, 2.75) is 24.7 Å². The molecule has 104 valence electrons. The highest BCUT2D eigenvalue weighted by Crippen LogP contribution is 2.44. The van der Waals surface area contributed by atoms with Gasteiger partial charge in [0.15, 0.2) is 0 Å². The molecule has 0 aromatic heterocycles. The maximum atomic E-state index is 11.2. The highest BCUT2D eigenvalue weighted by Gasteiger charge is 2.37. The zero-order valence-electron chi connectivity index (χ0n) is 10.5. The zero-order chi connectivity index (χ0) is 14.3. The van der Waals surface area contributed by atoms with Crippen LogP contribution in [0.25, 0.3) is 0 Å². The van der Waals surface area contributed by atoms with Gasteiger partial charge in [-0.05, 0) is 36.5 Å². The number of carboxylic acid groups (broad SMARTS) is 1. The van der Waals surface area contributed by atoms with Crippen molar-refractivity contribution >= 4 is 21.7 Å². The lowest BCUT2D eigenvalue weighted by atomic mass is 10.1. The normalized spacial score (nSPS) is 16.9. The molecule has 0 amide bonds. The highest BCUT2D eigenvalue weighted by atomic mass is 32.2. The van der Waals surface area contributed by atoms with Gasteiger partial charge in [-0.25, -0.2) is 18.4 Å². The number of hydrogen-bond donors (Lipinski definition) is 3. The van der Waals surface area contributed by atoms with E-state index in [4.69, 9.17) is 10.2 Å². The van der Waals surface area contributed by atoms with Gasteiger partial charge in [0.1, 0.15) is 0 Å². The summed E-state index contributed by atoms with van der Waals surface area (Å²) in [5.41, 5.74) is 0.540. The second-order valence-corrected chi connectivity index (χ2v) is 6.78. The molecule has 1 saturated carbocycles. The van der Waals surface area contributed by atoms with Crippen molar-refractivity contribution in [1.29, 1.82) is 0 Å². The van der Waals surface area contributed by atoms with Crippen LogP contribution in [-0.4, -0.2) is 26.0 Å².